The second-order valence-electron chi connectivity index (χ2n) is 17.0. The summed E-state index contributed by atoms with van der Waals surface area (Å²) in [5, 5.41) is 9.64. The third kappa shape index (κ3) is 13.7. The summed E-state index contributed by atoms with van der Waals surface area (Å²) in [6, 6.07) is 4.34. The monoisotopic (exact) mass is 893 g/mol. The quantitative estimate of drug-likeness (QED) is 0.0440. The molecule has 4 amide bonds. The van der Waals surface area contributed by atoms with Crippen LogP contribution in [0.1, 0.15) is 117 Å². The third-order valence-electron chi connectivity index (χ3n) is 11.2. The first-order chi connectivity index (χ1) is 30.0. The maximum atomic E-state index is 13.3. The highest BCUT2D eigenvalue weighted by atomic mass is 32.2. The minimum absolute atomic E-state index is 0.0193. The molecule has 3 aromatic rings. The number of hydrogen-bond donors (Lipinski definition) is 3. The minimum atomic E-state index is -0.829. The van der Waals surface area contributed by atoms with Crippen LogP contribution in [0.15, 0.2) is 51.5 Å². The van der Waals surface area contributed by atoms with Gasteiger partial charge in [-0.25, -0.2) is 9.97 Å². The molecule has 0 radical (unpaired) electrons. The normalized spacial score (nSPS) is 17.5. The van der Waals surface area contributed by atoms with Crippen LogP contribution in [-0.2, 0) is 35.0 Å². The number of thiazole rings is 1. The molecule has 1 unspecified atom stereocenters. The molecule has 2 aromatic heterocycles. The van der Waals surface area contributed by atoms with Gasteiger partial charge in [0.15, 0.2) is 5.13 Å². The lowest BCUT2D eigenvalue weighted by Crippen LogP contribution is -2.51. The Balaban J connectivity index is 0.703. The number of fused-ring (bicyclic) bond motifs is 1. The number of thioether (sulfide) groups is 1. The van der Waals surface area contributed by atoms with Crippen LogP contribution in [0, 0.1) is 5.92 Å². The first-order valence-corrected chi connectivity index (χ1v) is 23.8. The number of ether oxygens (including phenoxy) is 3. The Kier molecular flexibility index (Phi) is 18.0. The van der Waals surface area contributed by atoms with E-state index in [9.17, 15) is 19.2 Å². The summed E-state index contributed by atoms with van der Waals surface area (Å²) >= 11 is 3.10. The van der Waals surface area contributed by atoms with Crippen molar-refractivity contribution in [1.29, 1.82) is 0 Å². The van der Waals surface area contributed by atoms with Crippen molar-refractivity contribution >= 4 is 57.5 Å². The van der Waals surface area contributed by atoms with E-state index in [4.69, 9.17) is 18.6 Å². The van der Waals surface area contributed by atoms with Gasteiger partial charge < -0.3 is 39.5 Å². The number of oxazole rings is 1. The highest BCUT2D eigenvalue weighted by Gasteiger charge is 2.45. The van der Waals surface area contributed by atoms with Gasteiger partial charge in [-0.15, -0.1) is 11.8 Å². The van der Waals surface area contributed by atoms with Gasteiger partial charge in [0, 0.05) is 42.5 Å². The second-order valence-corrected chi connectivity index (χ2v) is 19.3. The molecule has 5 heterocycles. The molecule has 0 bridgehead atoms. The van der Waals surface area contributed by atoms with Gasteiger partial charge in [-0.2, -0.15) is 0 Å². The Morgan fingerprint density at radius 1 is 0.919 bits per heavy atom. The minimum Gasteiger partial charge on any atom is -0.444 e. The summed E-state index contributed by atoms with van der Waals surface area (Å²) < 4.78 is 24.0. The highest BCUT2D eigenvalue weighted by molar-refractivity contribution is 8.00. The molecule has 0 spiro atoms. The van der Waals surface area contributed by atoms with E-state index in [1.807, 2.05) is 0 Å². The van der Waals surface area contributed by atoms with Crippen LogP contribution in [0.5, 0.6) is 0 Å². The van der Waals surface area contributed by atoms with Crippen molar-refractivity contribution in [3.63, 3.8) is 0 Å². The van der Waals surface area contributed by atoms with Crippen molar-refractivity contribution in [2.24, 2.45) is 5.92 Å². The zero-order chi connectivity index (χ0) is 43.9. The lowest BCUT2D eigenvalue weighted by Gasteiger charge is -2.31. The Morgan fingerprint density at radius 3 is 2.34 bits per heavy atom. The Labute approximate surface area is 373 Å². The lowest BCUT2D eigenvalue weighted by molar-refractivity contribution is -0.125. The number of unbranched alkanes of at least 4 members (excludes halogenated alkanes) is 4. The molecule has 0 aliphatic carbocycles. The lowest BCUT2D eigenvalue weighted by atomic mass is 9.94. The van der Waals surface area contributed by atoms with Gasteiger partial charge >= 0.3 is 0 Å². The number of allylic oxidation sites excluding steroid dienone is 1. The fourth-order valence-electron chi connectivity index (χ4n) is 7.60. The number of likely N-dealkylation sites (tertiary alicyclic amines) is 1. The molecule has 6 rings (SSSR count). The molecule has 2 fully saturated rings. The van der Waals surface area contributed by atoms with Crippen LogP contribution in [0.2, 0.25) is 0 Å². The molecular formula is C45H63N7O8S2. The summed E-state index contributed by atoms with van der Waals surface area (Å²) in [6.07, 6.45) is 12.4. The Bertz CT molecular complexity index is 1970. The van der Waals surface area contributed by atoms with Crippen molar-refractivity contribution in [3.8, 4) is 0 Å². The number of benzene rings is 1. The number of carbonyl (C=O) groups is 4. The SMILES string of the molecule is C=C1CCC(N2C(=O)c3cccc(NCCCCOCCOCCOCCCCCCN4CCC(C(=O)Nc5ncc(SCc6ncc(C(C)(C)C)o6)s5)CC4)c3C2=O)C(=O)N1. The molecule has 2 saturated heterocycles. The zero-order valence-electron chi connectivity index (χ0n) is 36.5. The fourth-order valence-corrected chi connectivity index (χ4v) is 9.32. The number of aromatic nitrogens is 2. The predicted octanol–water partition coefficient (Wildman–Crippen LogP) is 7.26. The molecule has 17 heteroatoms. The van der Waals surface area contributed by atoms with E-state index in [1.165, 1.54) is 17.8 Å². The number of nitrogens with zero attached hydrogens (tertiary/aromatic N) is 4. The Hall–Kier alpha value is -4.13. The van der Waals surface area contributed by atoms with Crippen LogP contribution in [0.3, 0.4) is 0 Å². The third-order valence-corrected chi connectivity index (χ3v) is 13.3. The van der Waals surface area contributed by atoms with E-state index >= 15 is 0 Å². The molecule has 62 heavy (non-hydrogen) atoms. The smallest absolute Gasteiger partial charge is 0.264 e. The molecular weight excluding hydrogens is 831 g/mol. The number of amides is 4. The van der Waals surface area contributed by atoms with Crippen LogP contribution < -0.4 is 16.0 Å². The number of nitrogens with one attached hydrogen (secondary N) is 3. The van der Waals surface area contributed by atoms with Crippen LogP contribution in [0.25, 0.3) is 0 Å². The zero-order valence-corrected chi connectivity index (χ0v) is 38.1. The van der Waals surface area contributed by atoms with Crippen molar-refractivity contribution in [2.75, 3.05) is 76.5 Å². The van der Waals surface area contributed by atoms with E-state index in [2.05, 4.69) is 58.2 Å². The average Bonchev–Trinajstić information content (AvgIpc) is 3.98. The predicted molar refractivity (Wildman–Crippen MR) is 241 cm³/mol. The van der Waals surface area contributed by atoms with Crippen molar-refractivity contribution in [2.45, 2.75) is 106 Å². The van der Waals surface area contributed by atoms with E-state index in [0.29, 0.717) is 91.7 Å². The number of anilines is 2. The maximum absolute atomic E-state index is 13.3. The van der Waals surface area contributed by atoms with Gasteiger partial charge in [-0.05, 0) is 83.1 Å². The molecule has 3 aliphatic rings. The highest BCUT2D eigenvalue weighted by Crippen LogP contribution is 2.34. The van der Waals surface area contributed by atoms with Gasteiger partial charge in [0.1, 0.15) is 11.8 Å². The standard InChI is InChI=1S/C45H63N7O8S2/c1-31-14-15-35(41(54)49-31)52-42(55)33-12-11-13-34(39(33)43(52)56)46-18-7-10-23-58-25-27-59-26-24-57-22-9-6-5-8-19-51-20-16-32(17-21-51)40(53)50-44-48-29-38(62-44)61-30-37-47-28-36(60-37)45(2,3)4/h11-13,28-29,32,35,46H,1,5-10,14-27,30H2,2-4H3,(H,49,54)(H,48,50,53). The van der Waals surface area contributed by atoms with Gasteiger partial charge in [0.05, 0.1) is 59.9 Å². The first-order valence-electron chi connectivity index (χ1n) is 22.0. The van der Waals surface area contributed by atoms with Gasteiger partial charge in [-0.3, -0.25) is 24.1 Å². The van der Waals surface area contributed by atoms with Crippen molar-refractivity contribution in [3.05, 3.63) is 65.6 Å². The van der Waals surface area contributed by atoms with Crippen LogP contribution >= 0.6 is 23.1 Å². The number of hydrogen-bond acceptors (Lipinski definition) is 14. The van der Waals surface area contributed by atoms with E-state index < -0.39 is 17.9 Å². The van der Waals surface area contributed by atoms with Crippen molar-refractivity contribution < 1.29 is 37.8 Å². The summed E-state index contributed by atoms with van der Waals surface area (Å²) in [5.41, 5.74) is 1.77. The number of carbonyl (C=O) groups excluding carboxylic acids is 4. The second kappa shape index (κ2) is 23.5. The molecule has 1 aromatic carbocycles. The van der Waals surface area contributed by atoms with E-state index in [1.54, 1.807) is 42.4 Å². The molecule has 0 saturated carbocycles. The molecule has 15 nitrogen and oxygen atoms in total. The van der Waals surface area contributed by atoms with Gasteiger partial charge in [-0.1, -0.05) is 57.6 Å². The van der Waals surface area contributed by atoms with Gasteiger partial charge in [0.2, 0.25) is 17.7 Å². The molecule has 1 atom stereocenters. The van der Waals surface area contributed by atoms with E-state index in [0.717, 1.165) is 86.1 Å². The topological polar surface area (TPSA) is 177 Å². The van der Waals surface area contributed by atoms with Crippen molar-refractivity contribution in [1.82, 2.24) is 25.1 Å². The average molecular weight is 894 g/mol. The first kappa shape index (κ1) is 47.4. The van der Waals surface area contributed by atoms with Crippen LogP contribution in [0.4, 0.5) is 10.8 Å². The molecule has 3 N–H and O–H groups in total. The van der Waals surface area contributed by atoms with Gasteiger partial charge in [0.25, 0.3) is 11.8 Å². The molecule has 3 aliphatic heterocycles. The summed E-state index contributed by atoms with van der Waals surface area (Å²) in [4.78, 5) is 64.2. The number of imide groups is 1. The maximum Gasteiger partial charge on any atom is 0.264 e. The largest absolute Gasteiger partial charge is 0.444 e. The summed E-state index contributed by atoms with van der Waals surface area (Å²) in [6.45, 7) is 17.1. The number of rotatable bonds is 25. The summed E-state index contributed by atoms with van der Waals surface area (Å²) in [5.74, 6) is 1.03. The van der Waals surface area contributed by atoms with Crippen LogP contribution in [-0.4, -0.2) is 115 Å². The summed E-state index contributed by atoms with van der Waals surface area (Å²) in [7, 11) is 0. The number of piperidine rings is 2. The van der Waals surface area contributed by atoms with E-state index in [-0.39, 0.29) is 23.1 Å². The molecule has 338 valence electrons. The fraction of sp³-hybridized carbons (Fsp3) is 0.600. The Morgan fingerprint density at radius 2 is 1.63 bits per heavy atom.